The molecule has 1 aliphatic carbocycles. The summed E-state index contributed by atoms with van der Waals surface area (Å²) in [6.45, 7) is 2.23. The minimum Gasteiger partial charge on any atom is -0.395 e. The molecule has 1 aromatic rings. The molecule has 1 atom stereocenters. The highest BCUT2D eigenvalue weighted by Crippen LogP contribution is 2.28. The van der Waals surface area contributed by atoms with Gasteiger partial charge in [0.1, 0.15) is 0 Å². The van der Waals surface area contributed by atoms with Gasteiger partial charge in [0.2, 0.25) is 0 Å². The van der Waals surface area contributed by atoms with E-state index in [1.54, 1.807) is 17.0 Å². The zero-order chi connectivity index (χ0) is 14.7. The van der Waals surface area contributed by atoms with E-state index in [1.807, 2.05) is 13.0 Å². The number of hydrogen-bond acceptors (Lipinski definition) is 2. The molecule has 1 aromatic carbocycles. The van der Waals surface area contributed by atoms with Crippen LogP contribution in [0.3, 0.4) is 0 Å². The van der Waals surface area contributed by atoms with Crippen molar-refractivity contribution in [2.24, 2.45) is 0 Å². The molecule has 20 heavy (non-hydrogen) atoms. The Hall–Kier alpha value is -0.970. The molecule has 6 heteroatoms. The van der Waals surface area contributed by atoms with Crippen LogP contribution in [-0.4, -0.2) is 35.2 Å². The minimum absolute atomic E-state index is 0.0227. The number of urea groups is 1. The average Bonchev–Trinajstić information content (AvgIpc) is 3.23. The number of halogens is 2. The van der Waals surface area contributed by atoms with Crippen molar-refractivity contribution in [3.8, 4) is 0 Å². The zero-order valence-electron chi connectivity index (χ0n) is 11.3. The number of aliphatic hydroxyl groups excluding tert-OH is 1. The first-order valence-electron chi connectivity index (χ1n) is 6.66. The molecule has 1 saturated carbocycles. The van der Waals surface area contributed by atoms with Crippen LogP contribution in [-0.2, 0) is 0 Å². The highest BCUT2D eigenvalue weighted by molar-refractivity contribution is 6.42. The summed E-state index contributed by atoms with van der Waals surface area (Å²) < 4.78 is 0. The van der Waals surface area contributed by atoms with E-state index in [0.29, 0.717) is 16.6 Å². The lowest BCUT2D eigenvalue weighted by atomic mass is 10.1. The molecule has 2 N–H and O–H groups in total. The second-order valence-corrected chi connectivity index (χ2v) is 5.81. The number of nitrogens with one attached hydrogen (secondary N) is 1. The first-order chi connectivity index (χ1) is 9.52. The molecule has 1 fully saturated rings. The molecule has 0 radical (unpaired) electrons. The Morgan fingerprint density at radius 3 is 2.70 bits per heavy atom. The van der Waals surface area contributed by atoms with Gasteiger partial charge in [-0.15, -0.1) is 0 Å². The fourth-order valence-electron chi connectivity index (χ4n) is 2.08. The summed E-state index contributed by atoms with van der Waals surface area (Å²) in [6.07, 6.45) is 2.02. The Balaban J connectivity index is 2.00. The molecule has 1 aliphatic rings. The number of amides is 2. The molecule has 2 amide bonds. The van der Waals surface area contributed by atoms with Crippen LogP contribution in [0.4, 0.5) is 4.79 Å². The van der Waals surface area contributed by atoms with Gasteiger partial charge in [-0.2, -0.15) is 0 Å². The maximum Gasteiger partial charge on any atom is 0.318 e. The molecule has 0 saturated heterocycles. The molecule has 4 nitrogen and oxygen atoms in total. The van der Waals surface area contributed by atoms with Gasteiger partial charge in [-0.3, -0.25) is 0 Å². The molecule has 110 valence electrons. The summed E-state index contributed by atoms with van der Waals surface area (Å²) in [7, 11) is 0. The van der Waals surface area contributed by atoms with Crippen molar-refractivity contribution in [2.75, 3.05) is 13.2 Å². The number of hydrogen-bond donors (Lipinski definition) is 2. The van der Waals surface area contributed by atoms with Crippen LogP contribution in [0, 0.1) is 0 Å². The maximum atomic E-state index is 12.2. The van der Waals surface area contributed by atoms with Crippen molar-refractivity contribution in [1.82, 2.24) is 10.2 Å². The lowest BCUT2D eigenvalue weighted by molar-refractivity contribution is 0.171. The van der Waals surface area contributed by atoms with Crippen LogP contribution in [0.2, 0.25) is 10.0 Å². The molecule has 0 bridgehead atoms. The van der Waals surface area contributed by atoms with Gasteiger partial charge in [-0.25, -0.2) is 4.79 Å². The first-order valence-corrected chi connectivity index (χ1v) is 7.41. The lowest BCUT2D eigenvalue weighted by Gasteiger charge is -2.24. The van der Waals surface area contributed by atoms with Crippen LogP contribution < -0.4 is 5.32 Å². The Morgan fingerprint density at radius 2 is 2.15 bits per heavy atom. The van der Waals surface area contributed by atoms with Crippen LogP contribution in [0.25, 0.3) is 0 Å². The van der Waals surface area contributed by atoms with Gasteiger partial charge in [0.25, 0.3) is 0 Å². The Bertz CT molecular complexity index is 492. The standard InChI is InChI=1S/C14H18Cl2N2O2/c1-9(10-2-5-12(15)13(16)8-10)17-14(20)18(6-7-19)11-3-4-11/h2,5,8-9,11,19H,3-4,6-7H2,1H3,(H,17,20). The summed E-state index contributed by atoms with van der Waals surface area (Å²) in [5.41, 5.74) is 0.896. The quantitative estimate of drug-likeness (QED) is 0.876. The molecule has 0 spiro atoms. The van der Waals surface area contributed by atoms with E-state index < -0.39 is 0 Å². The predicted octanol–water partition coefficient (Wildman–Crippen LogP) is 3.22. The zero-order valence-corrected chi connectivity index (χ0v) is 12.8. The maximum absolute atomic E-state index is 12.2. The predicted molar refractivity (Wildman–Crippen MR) is 80.2 cm³/mol. The fraction of sp³-hybridized carbons (Fsp3) is 0.500. The number of aliphatic hydroxyl groups is 1. The third kappa shape index (κ3) is 3.78. The number of rotatable bonds is 5. The number of carbonyl (C=O) groups is 1. The van der Waals surface area contributed by atoms with Crippen LogP contribution in [0.1, 0.15) is 31.4 Å². The Morgan fingerprint density at radius 1 is 1.45 bits per heavy atom. The monoisotopic (exact) mass is 316 g/mol. The molecule has 2 rings (SSSR count). The van der Waals surface area contributed by atoms with Gasteiger partial charge in [-0.1, -0.05) is 29.3 Å². The highest BCUT2D eigenvalue weighted by atomic mass is 35.5. The Labute approximate surface area is 128 Å². The summed E-state index contributed by atoms with van der Waals surface area (Å²) in [4.78, 5) is 13.9. The highest BCUT2D eigenvalue weighted by Gasteiger charge is 2.32. The summed E-state index contributed by atoms with van der Waals surface area (Å²) in [6, 6.07) is 5.25. The van der Waals surface area contributed by atoms with Gasteiger partial charge in [0.05, 0.1) is 22.7 Å². The normalized spacial score (nSPS) is 15.8. The lowest BCUT2D eigenvalue weighted by Crippen LogP contribution is -2.43. The topological polar surface area (TPSA) is 52.6 Å². The third-order valence-corrected chi connectivity index (χ3v) is 4.11. The summed E-state index contributed by atoms with van der Waals surface area (Å²) >= 11 is 11.9. The van der Waals surface area contributed by atoms with E-state index in [2.05, 4.69) is 5.32 Å². The second-order valence-electron chi connectivity index (χ2n) is 4.99. The smallest absolute Gasteiger partial charge is 0.318 e. The molecular weight excluding hydrogens is 299 g/mol. The van der Waals surface area contributed by atoms with Crippen LogP contribution in [0.5, 0.6) is 0 Å². The third-order valence-electron chi connectivity index (χ3n) is 3.37. The van der Waals surface area contributed by atoms with E-state index >= 15 is 0 Å². The van der Waals surface area contributed by atoms with Gasteiger partial charge < -0.3 is 15.3 Å². The van der Waals surface area contributed by atoms with E-state index in [4.69, 9.17) is 28.3 Å². The average molecular weight is 317 g/mol. The summed E-state index contributed by atoms with van der Waals surface area (Å²) in [5, 5.41) is 12.9. The van der Waals surface area contributed by atoms with Gasteiger partial charge in [0.15, 0.2) is 0 Å². The molecular formula is C14H18Cl2N2O2. The SMILES string of the molecule is CC(NC(=O)N(CCO)C1CC1)c1ccc(Cl)c(Cl)c1. The molecule has 0 aromatic heterocycles. The fourth-order valence-corrected chi connectivity index (χ4v) is 2.38. The largest absolute Gasteiger partial charge is 0.395 e. The number of benzene rings is 1. The van der Waals surface area contributed by atoms with E-state index in [-0.39, 0.29) is 24.7 Å². The van der Waals surface area contributed by atoms with E-state index in [1.165, 1.54) is 0 Å². The number of nitrogens with zero attached hydrogens (tertiary/aromatic N) is 1. The van der Waals surface area contributed by atoms with Crippen LogP contribution >= 0.6 is 23.2 Å². The summed E-state index contributed by atoms with van der Waals surface area (Å²) in [5.74, 6) is 0. The van der Waals surface area contributed by atoms with Crippen molar-refractivity contribution in [1.29, 1.82) is 0 Å². The molecule has 0 heterocycles. The second kappa shape index (κ2) is 6.66. The van der Waals surface area contributed by atoms with Gasteiger partial charge in [-0.05, 0) is 37.5 Å². The molecule has 0 aliphatic heterocycles. The van der Waals surface area contributed by atoms with Crippen molar-refractivity contribution in [2.45, 2.75) is 31.8 Å². The van der Waals surface area contributed by atoms with E-state index in [9.17, 15) is 4.79 Å². The molecule has 1 unspecified atom stereocenters. The first kappa shape index (κ1) is 15.4. The minimum atomic E-state index is -0.169. The van der Waals surface area contributed by atoms with Crippen molar-refractivity contribution >= 4 is 29.2 Å². The number of carbonyl (C=O) groups excluding carboxylic acids is 1. The van der Waals surface area contributed by atoms with Crippen molar-refractivity contribution in [3.63, 3.8) is 0 Å². The van der Waals surface area contributed by atoms with E-state index in [0.717, 1.165) is 18.4 Å². The van der Waals surface area contributed by atoms with Gasteiger partial charge >= 0.3 is 6.03 Å². The Kier molecular flexibility index (Phi) is 5.13. The van der Waals surface area contributed by atoms with Crippen molar-refractivity contribution < 1.29 is 9.90 Å². The van der Waals surface area contributed by atoms with Crippen molar-refractivity contribution in [3.05, 3.63) is 33.8 Å². The van der Waals surface area contributed by atoms with Crippen LogP contribution in [0.15, 0.2) is 18.2 Å². The van der Waals surface area contributed by atoms with Gasteiger partial charge in [0, 0.05) is 12.6 Å².